The van der Waals surface area contributed by atoms with E-state index in [0.29, 0.717) is 18.1 Å². The van der Waals surface area contributed by atoms with Gasteiger partial charge in [-0.3, -0.25) is 14.6 Å². The summed E-state index contributed by atoms with van der Waals surface area (Å²) in [7, 11) is 2.05. The van der Waals surface area contributed by atoms with Gasteiger partial charge in [-0.15, -0.1) is 0 Å². The first-order valence-electron chi connectivity index (χ1n) is 6.58. The fourth-order valence-electron chi connectivity index (χ4n) is 2.06. The van der Waals surface area contributed by atoms with Gasteiger partial charge in [-0.05, 0) is 14.0 Å². The van der Waals surface area contributed by atoms with Crippen molar-refractivity contribution in [2.24, 2.45) is 4.99 Å². The molecule has 1 saturated heterocycles. The Hall–Kier alpha value is -1.08. The number of nitrogens with zero attached hydrogens (tertiary/aromatic N) is 3. The first-order valence-corrected chi connectivity index (χ1v) is 7.46. The summed E-state index contributed by atoms with van der Waals surface area (Å²) in [6, 6.07) is 0. The van der Waals surface area contributed by atoms with Crippen molar-refractivity contribution in [3.05, 3.63) is 0 Å². The quantitative estimate of drug-likeness (QED) is 0.752. The number of aliphatic imine (C=N–C) groups is 1. The third kappa shape index (κ3) is 3.48. The van der Waals surface area contributed by atoms with Gasteiger partial charge in [0.05, 0.1) is 6.54 Å². The Morgan fingerprint density at radius 2 is 2.05 bits per heavy atom. The number of piperazine rings is 1. The first kappa shape index (κ1) is 14.3. The molecule has 0 saturated carbocycles. The van der Waals surface area contributed by atoms with Crippen molar-refractivity contribution >= 4 is 28.6 Å². The molecule has 1 unspecified atom stereocenters. The average molecular weight is 284 g/mol. The molecule has 19 heavy (non-hydrogen) atoms. The minimum Gasteiger partial charge on any atom is -0.355 e. The Morgan fingerprint density at radius 3 is 2.68 bits per heavy atom. The van der Waals surface area contributed by atoms with Gasteiger partial charge in [-0.25, -0.2) is 0 Å². The second-order valence-corrected chi connectivity index (χ2v) is 5.93. The van der Waals surface area contributed by atoms with E-state index in [0.717, 1.165) is 26.2 Å². The maximum absolute atomic E-state index is 12.3. The van der Waals surface area contributed by atoms with Gasteiger partial charge in [0.25, 0.3) is 5.91 Å². The van der Waals surface area contributed by atoms with Gasteiger partial charge in [0.1, 0.15) is 5.25 Å². The standard InChI is InChI=1S/C12H20N4O2S/c1-3-13-10(17)9-8-14-11(19-9)12(18)16-6-4-15(2)5-7-16/h9H,3-8H2,1-2H3,(H,13,17). The number of thioether (sulfide) groups is 1. The predicted molar refractivity (Wildman–Crippen MR) is 76.4 cm³/mol. The molecule has 0 spiro atoms. The van der Waals surface area contributed by atoms with Crippen molar-refractivity contribution in [2.45, 2.75) is 12.2 Å². The zero-order valence-electron chi connectivity index (χ0n) is 11.4. The molecule has 0 aromatic carbocycles. The normalized spacial score (nSPS) is 24.2. The van der Waals surface area contributed by atoms with E-state index in [2.05, 4.69) is 22.3 Å². The van der Waals surface area contributed by atoms with Crippen LogP contribution < -0.4 is 5.32 Å². The number of rotatable bonds is 3. The molecule has 0 aromatic rings. The lowest BCUT2D eigenvalue weighted by molar-refractivity contribution is -0.125. The van der Waals surface area contributed by atoms with Crippen LogP contribution in [0.3, 0.4) is 0 Å². The summed E-state index contributed by atoms with van der Waals surface area (Å²) >= 11 is 1.29. The molecule has 6 nitrogen and oxygen atoms in total. The van der Waals surface area contributed by atoms with Crippen molar-refractivity contribution in [1.82, 2.24) is 15.1 Å². The van der Waals surface area contributed by atoms with Gasteiger partial charge < -0.3 is 15.1 Å². The summed E-state index contributed by atoms with van der Waals surface area (Å²) in [5, 5.41) is 3.01. The van der Waals surface area contributed by atoms with E-state index in [1.54, 1.807) is 0 Å². The second-order valence-electron chi connectivity index (χ2n) is 4.74. The maximum atomic E-state index is 12.3. The minimum absolute atomic E-state index is 0.0232. The lowest BCUT2D eigenvalue weighted by Crippen LogP contribution is -2.48. The molecular weight excluding hydrogens is 264 g/mol. The fraction of sp³-hybridized carbons (Fsp3) is 0.750. The Labute approximate surface area is 117 Å². The van der Waals surface area contributed by atoms with Crippen LogP contribution >= 0.6 is 11.8 Å². The van der Waals surface area contributed by atoms with Crippen LogP contribution in [0.2, 0.25) is 0 Å². The zero-order valence-corrected chi connectivity index (χ0v) is 12.2. The molecule has 7 heteroatoms. The molecule has 0 aliphatic carbocycles. The molecule has 2 aliphatic heterocycles. The third-order valence-corrected chi connectivity index (χ3v) is 4.45. The van der Waals surface area contributed by atoms with Gasteiger partial charge in [0, 0.05) is 32.7 Å². The van der Waals surface area contributed by atoms with E-state index in [9.17, 15) is 9.59 Å². The predicted octanol–water partition coefficient (Wildman–Crippen LogP) is -0.590. The average Bonchev–Trinajstić information content (AvgIpc) is 2.89. The summed E-state index contributed by atoms with van der Waals surface area (Å²) in [6.07, 6.45) is 0. The van der Waals surface area contributed by atoms with Gasteiger partial charge >= 0.3 is 0 Å². The van der Waals surface area contributed by atoms with E-state index in [1.807, 2.05) is 11.8 Å². The highest BCUT2D eigenvalue weighted by atomic mass is 32.2. The summed E-state index contributed by atoms with van der Waals surface area (Å²) in [5.41, 5.74) is 0. The second kappa shape index (κ2) is 6.38. The fourth-order valence-corrected chi connectivity index (χ4v) is 3.05. The number of likely N-dealkylation sites (N-methyl/N-ethyl adjacent to an activating group) is 1. The van der Waals surface area contributed by atoms with Crippen LogP contribution in [-0.2, 0) is 9.59 Å². The number of carbonyl (C=O) groups is 2. The Kier molecular flexibility index (Phi) is 4.81. The van der Waals surface area contributed by atoms with Crippen LogP contribution in [0.1, 0.15) is 6.92 Å². The maximum Gasteiger partial charge on any atom is 0.278 e. The van der Waals surface area contributed by atoms with E-state index >= 15 is 0 Å². The summed E-state index contributed by atoms with van der Waals surface area (Å²) in [6.45, 7) is 6.16. The van der Waals surface area contributed by atoms with Gasteiger partial charge in [0.15, 0.2) is 5.04 Å². The monoisotopic (exact) mass is 284 g/mol. The number of hydrogen-bond acceptors (Lipinski definition) is 5. The highest BCUT2D eigenvalue weighted by Crippen LogP contribution is 2.23. The molecule has 1 fully saturated rings. The zero-order chi connectivity index (χ0) is 13.8. The highest BCUT2D eigenvalue weighted by molar-refractivity contribution is 8.17. The van der Waals surface area contributed by atoms with Crippen LogP contribution in [0.5, 0.6) is 0 Å². The van der Waals surface area contributed by atoms with Crippen molar-refractivity contribution in [2.75, 3.05) is 46.3 Å². The van der Waals surface area contributed by atoms with Crippen molar-refractivity contribution < 1.29 is 9.59 Å². The lowest BCUT2D eigenvalue weighted by Gasteiger charge is -2.32. The molecule has 2 amide bonds. The first-order chi connectivity index (χ1) is 9.11. The Balaban J connectivity index is 1.86. The number of hydrogen-bond donors (Lipinski definition) is 1. The third-order valence-electron chi connectivity index (χ3n) is 3.27. The minimum atomic E-state index is -0.244. The van der Waals surface area contributed by atoms with E-state index in [-0.39, 0.29) is 17.1 Å². The van der Waals surface area contributed by atoms with Crippen molar-refractivity contribution in [1.29, 1.82) is 0 Å². The molecule has 1 N–H and O–H groups in total. The van der Waals surface area contributed by atoms with Crippen LogP contribution in [-0.4, -0.2) is 78.2 Å². The lowest BCUT2D eigenvalue weighted by atomic mass is 10.3. The number of carbonyl (C=O) groups excluding carboxylic acids is 2. The van der Waals surface area contributed by atoms with Crippen LogP contribution in [0.4, 0.5) is 0 Å². The molecule has 0 radical (unpaired) electrons. The molecule has 2 aliphatic rings. The van der Waals surface area contributed by atoms with Crippen molar-refractivity contribution in [3.8, 4) is 0 Å². The van der Waals surface area contributed by atoms with Gasteiger partial charge in [-0.1, -0.05) is 11.8 Å². The van der Waals surface area contributed by atoms with Gasteiger partial charge in [0.2, 0.25) is 5.91 Å². The number of amides is 2. The summed E-state index contributed by atoms with van der Waals surface area (Å²) in [4.78, 5) is 32.2. The largest absolute Gasteiger partial charge is 0.355 e. The smallest absolute Gasteiger partial charge is 0.278 e. The highest BCUT2D eigenvalue weighted by Gasteiger charge is 2.32. The van der Waals surface area contributed by atoms with Gasteiger partial charge in [-0.2, -0.15) is 0 Å². The van der Waals surface area contributed by atoms with Crippen LogP contribution in [0, 0.1) is 0 Å². The SMILES string of the molecule is CCNC(=O)C1CN=C(C(=O)N2CCN(C)CC2)S1. The van der Waals surface area contributed by atoms with Crippen molar-refractivity contribution in [3.63, 3.8) is 0 Å². The Morgan fingerprint density at radius 1 is 1.37 bits per heavy atom. The summed E-state index contributed by atoms with van der Waals surface area (Å²) < 4.78 is 0. The molecule has 2 rings (SSSR count). The molecule has 0 aromatic heterocycles. The van der Waals surface area contributed by atoms with E-state index in [1.165, 1.54) is 11.8 Å². The van der Waals surface area contributed by atoms with Crippen LogP contribution in [0.25, 0.3) is 0 Å². The molecule has 0 bridgehead atoms. The molecule has 2 heterocycles. The van der Waals surface area contributed by atoms with Crippen LogP contribution in [0.15, 0.2) is 4.99 Å². The number of nitrogens with one attached hydrogen (secondary N) is 1. The van der Waals surface area contributed by atoms with E-state index in [4.69, 9.17) is 0 Å². The summed E-state index contributed by atoms with van der Waals surface area (Å²) in [5.74, 6) is -0.0534. The Bertz CT molecular complexity index is 391. The van der Waals surface area contributed by atoms with E-state index < -0.39 is 0 Å². The molecular formula is C12H20N4O2S. The molecule has 106 valence electrons. The molecule has 1 atom stereocenters. The topological polar surface area (TPSA) is 65.0 Å².